The van der Waals surface area contributed by atoms with E-state index in [1.165, 1.54) is 29.9 Å². The fourth-order valence-electron chi connectivity index (χ4n) is 4.27. The van der Waals surface area contributed by atoms with Gasteiger partial charge in [-0.3, -0.25) is 9.10 Å². The van der Waals surface area contributed by atoms with Crippen LogP contribution in [0.4, 0.5) is 10.5 Å². The normalized spacial score (nSPS) is 17.1. The molecule has 4 rings (SSSR count). The van der Waals surface area contributed by atoms with Gasteiger partial charge in [0.25, 0.3) is 15.9 Å². The molecule has 2 aromatic rings. The van der Waals surface area contributed by atoms with Crippen molar-refractivity contribution in [3.05, 3.63) is 60.2 Å². The number of likely N-dealkylation sites (tertiary alicyclic amines) is 1. The third kappa shape index (κ3) is 4.98. The summed E-state index contributed by atoms with van der Waals surface area (Å²) < 4.78 is 27.1. The molecule has 0 radical (unpaired) electrons. The molecule has 2 fully saturated rings. The van der Waals surface area contributed by atoms with Gasteiger partial charge in [-0.15, -0.1) is 0 Å². The van der Waals surface area contributed by atoms with Gasteiger partial charge in [-0.05, 0) is 55.7 Å². The van der Waals surface area contributed by atoms with Crippen LogP contribution in [0.5, 0.6) is 0 Å². The van der Waals surface area contributed by atoms with Crippen molar-refractivity contribution in [2.75, 3.05) is 50.6 Å². The van der Waals surface area contributed by atoms with E-state index >= 15 is 0 Å². The smallest absolute Gasteiger partial charge is 0.320 e. The first-order valence-electron chi connectivity index (χ1n) is 11.3. The first-order valence-corrected chi connectivity index (χ1v) is 12.8. The van der Waals surface area contributed by atoms with Crippen molar-refractivity contribution < 1.29 is 18.0 Å². The molecule has 3 amide bonds. The van der Waals surface area contributed by atoms with Gasteiger partial charge < -0.3 is 14.7 Å². The second-order valence-electron chi connectivity index (χ2n) is 8.44. The molecule has 0 aliphatic carbocycles. The first-order chi connectivity index (χ1) is 15.9. The van der Waals surface area contributed by atoms with Crippen molar-refractivity contribution in [2.45, 2.75) is 24.2 Å². The predicted molar refractivity (Wildman–Crippen MR) is 127 cm³/mol. The first kappa shape index (κ1) is 23.1. The number of piperazine rings is 1. The third-order valence-corrected chi connectivity index (χ3v) is 8.14. The van der Waals surface area contributed by atoms with Gasteiger partial charge in [-0.1, -0.05) is 18.2 Å². The molecule has 33 heavy (non-hydrogen) atoms. The fourth-order valence-corrected chi connectivity index (χ4v) is 5.47. The molecule has 0 atom stereocenters. The predicted octanol–water partition coefficient (Wildman–Crippen LogP) is 2.88. The Bertz CT molecular complexity index is 1080. The second kappa shape index (κ2) is 9.82. The van der Waals surface area contributed by atoms with Gasteiger partial charge >= 0.3 is 6.03 Å². The lowest BCUT2D eigenvalue weighted by Gasteiger charge is -2.38. The molecule has 0 N–H and O–H groups in total. The number of piperidine rings is 1. The van der Waals surface area contributed by atoms with Crippen molar-refractivity contribution in [2.24, 2.45) is 0 Å². The standard InChI is InChI=1S/C24H30N4O4S/c1-25(21-8-4-2-5-9-21)33(31,32)22-12-10-20(11-13-22)23(29)26-16-18-28(19-17-26)24(30)27-14-6-3-7-15-27/h2,4-5,8-13H,3,6-7,14-19H2,1H3. The van der Waals surface area contributed by atoms with E-state index in [0.29, 0.717) is 37.4 Å². The van der Waals surface area contributed by atoms with Crippen LogP contribution in [0.25, 0.3) is 0 Å². The summed E-state index contributed by atoms with van der Waals surface area (Å²) in [5.74, 6) is -0.152. The van der Waals surface area contributed by atoms with E-state index in [1.54, 1.807) is 41.3 Å². The molecule has 0 bridgehead atoms. The van der Waals surface area contributed by atoms with Crippen LogP contribution in [-0.4, -0.2) is 81.4 Å². The summed E-state index contributed by atoms with van der Waals surface area (Å²) in [4.78, 5) is 31.2. The maximum Gasteiger partial charge on any atom is 0.320 e. The topological polar surface area (TPSA) is 81.2 Å². The lowest BCUT2D eigenvalue weighted by molar-refractivity contribution is 0.0633. The van der Waals surface area contributed by atoms with Gasteiger partial charge in [0, 0.05) is 51.9 Å². The maximum absolute atomic E-state index is 12.9. The van der Waals surface area contributed by atoms with Crippen molar-refractivity contribution in [3.63, 3.8) is 0 Å². The number of carbonyl (C=O) groups excluding carboxylic acids is 2. The van der Waals surface area contributed by atoms with Gasteiger partial charge in [0.2, 0.25) is 0 Å². The SMILES string of the molecule is CN(c1ccccc1)S(=O)(=O)c1ccc(C(=O)N2CCN(C(=O)N3CCCCC3)CC2)cc1. The Balaban J connectivity index is 1.37. The summed E-state index contributed by atoms with van der Waals surface area (Å²) >= 11 is 0. The van der Waals surface area contributed by atoms with E-state index in [1.807, 2.05) is 15.9 Å². The van der Waals surface area contributed by atoms with Gasteiger partial charge in [-0.2, -0.15) is 0 Å². The van der Waals surface area contributed by atoms with Gasteiger partial charge in [0.05, 0.1) is 10.6 Å². The number of para-hydroxylation sites is 1. The van der Waals surface area contributed by atoms with E-state index in [9.17, 15) is 18.0 Å². The zero-order valence-corrected chi connectivity index (χ0v) is 19.7. The number of benzene rings is 2. The molecule has 2 aliphatic rings. The minimum atomic E-state index is -3.73. The van der Waals surface area contributed by atoms with Crippen LogP contribution in [0.1, 0.15) is 29.6 Å². The van der Waals surface area contributed by atoms with E-state index in [4.69, 9.17) is 0 Å². The number of nitrogens with zero attached hydrogens (tertiary/aromatic N) is 4. The van der Waals surface area contributed by atoms with Gasteiger partial charge in [-0.25, -0.2) is 13.2 Å². The van der Waals surface area contributed by atoms with E-state index < -0.39 is 10.0 Å². The minimum absolute atomic E-state index is 0.0684. The molecule has 0 unspecified atom stereocenters. The number of anilines is 1. The van der Waals surface area contributed by atoms with Crippen LogP contribution in [0, 0.1) is 0 Å². The quantitative estimate of drug-likeness (QED) is 0.688. The van der Waals surface area contributed by atoms with Crippen molar-refractivity contribution >= 4 is 27.6 Å². The van der Waals surface area contributed by atoms with Gasteiger partial charge in [0.15, 0.2) is 0 Å². The zero-order valence-electron chi connectivity index (χ0n) is 18.9. The summed E-state index contributed by atoms with van der Waals surface area (Å²) in [5, 5.41) is 0. The van der Waals surface area contributed by atoms with Crippen molar-refractivity contribution in [1.29, 1.82) is 0 Å². The molecule has 2 saturated heterocycles. The summed E-state index contributed by atoms with van der Waals surface area (Å²) in [6, 6.07) is 15.0. The number of urea groups is 1. The highest BCUT2D eigenvalue weighted by atomic mass is 32.2. The molecular weight excluding hydrogens is 440 g/mol. The highest BCUT2D eigenvalue weighted by molar-refractivity contribution is 7.92. The van der Waals surface area contributed by atoms with E-state index in [2.05, 4.69) is 0 Å². The lowest BCUT2D eigenvalue weighted by atomic mass is 10.1. The van der Waals surface area contributed by atoms with Gasteiger partial charge in [0.1, 0.15) is 0 Å². The Hall–Kier alpha value is -3.07. The molecule has 2 aliphatic heterocycles. The van der Waals surface area contributed by atoms with Crippen LogP contribution in [0.2, 0.25) is 0 Å². The van der Waals surface area contributed by atoms with Crippen LogP contribution >= 0.6 is 0 Å². The van der Waals surface area contributed by atoms with Crippen molar-refractivity contribution in [3.8, 4) is 0 Å². The van der Waals surface area contributed by atoms with E-state index in [-0.39, 0.29) is 16.8 Å². The number of hydrogen-bond acceptors (Lipinski definition) is 4. The summed E-state index contributed by atoms with van der Waals surface area (Å²) in [6.07, 6.45) is 3.28. The highest BCUT2D eigenvalue weighted by Gasteiger charge is 2.28. The molecule has 9 heteroatoms. The number of amides is 3. The molecule has 0 saturated carbocycles. The van der Waals surface area contributed by atoms with E-state index in [0.717, 1.165) is 25.9 Å². The lowest BCUT2D eigenvalue weighted by Crippen LogP contribution is -2.54. The molecule has 176 valence electrons. The van der Waals surface area contributed by atoms with Crippen LogP contribution in [0.15, 0.2) is 59.5 Å². The number of sulfonamides is 1. The Morgan fingerprint density at radius 2 is 1.27 bits per heavy atom. The molecule has 2 heterocycles. The van der Waals surface area contributed by atoms with Crippen LogP contribution in [0.3, 0.4) is 0 Å². The molecule has 8 nitrogen and oxygen atoms in total. The third-order valence-electron chi connectivity index (χ3n) is 6.34. The Labute approximate surface area is 195 Å². The number of carbonyl (C=O) groups is 2. The van der Waals surface area contributed by atoms with Crippen LogP contribution < -0.4 is 4.31 Å². The second-order valence-corrected chi connectivity index (χ2v) is 10.4. The number of rotatable bonds is 4. The Kier molecular flexibility index (Phi) is 6.88. The monoisotopic (exact) mass is 470 g/mol. The maximum atomic E-state index is 12.9. The summed E-state index contributed by atoms with van der Waals surface area (Å²) in [5.41, 5.74) is 1.00. The zero-order chi connectivity index (χ0) is 23.4. The summed E-state index contributed by atoms with van der Waals surface area (Å²) in [6.45, 7) is 3.58. The average molecular weight is 471 g/mol. The molecular formula is C24H30N4O4S. The Morgan fingerprint density at radius 3 is 1.88 bits per heavy atom. The molecule has 2 aromatic carbocycles. The molecule has 0 spiro atoms. The minimum Gasteiger partial charge on any atom is -0.335 e. The summed E-state index contributed by atoms with van der Waals surface area (Å²) in [7, 11) is -2.22. The highest BCUT2D eigenvalue weighted by Crippen LogP contribution is 2.22. The van der Waals surface area contributed by atoms with Crippen molar-refractivity contribution in [1.82, 2.24) is 14.7 Å². The largest absolute Gasteiger partial charge is 0.335 e. The fraction of sp³-hybridized carbons (Fsp3) is 0.417. The molecule has 0 aromatic heterocycles. The Morgan fingerprint density at radius 1 is 0.727 bits per heavy atom. The van der Waals surface area contributed by atoms with Crippen LogP contribution in [-0.2, 0) is 10.0 Å². The number of hydrogen-bond donors (Lipinski definition) is 0. The average Bonchev–Trinajstić information content (AvgIpc) is 2.88.